The van der Waals surface area contributed by atoms with Crippen LogP contribution in [0.5, 0.6) is 0 Å². The van der Waals surface area contributed by atoms with E-state index < -0.39 is 0 Å². The summed E-state index contributed by atoms with van der Waals surface area (Å²) in [5.41, 5.74) is 2.03. The fraction of sp³-hybridized carbons (Fsp3) is 0.611. The minimum absolute atomic E-state index is 0.0172. The van der Waals surface area contributed by atoms with Crippen molar-refractivity contribution in [2.75, 3.05) is 26.7 Å². The first-order valence-corrected chi connectivity index (χ1v) is 8.53. The van der Waals surface area contributed by atoms with Crippen molar-refractivity contribution in [2.24, 2.45) is 5.92 Å². The van der Waals surface area contributed by atoms with Gasteiger partial charge in [0.25, 0.3) is 5.91 Å². The number of carbonyl (C=O) groups excluding carboxylic acids is 1. The highest BCUT2D eigenvalue weighted by Crippen LogP contribution is 2.26. The normalized spacial score (nSPS) is 23.6. The molecule has 22 heavy (non-hydrogen) atoms. The monoisotopic (exact) mass is 301 g/mol. The summed E-state index contributed by atoms with van der Waals surface area (Å²) in [7, 11) is 1.67. The van der Waals surface area contributed by atoms with Crippen LogP contribution in [-0.2, 0) is 6.54 Å². The van der Waals surface area contributed by atoms with Crippen molar-refractivity contribution in [3.8, 4) is 0 Å². The lowest BCUT2D eigenvalue weighted by molar-refractivity contribution is 0.0963. The SMILES string of the molecule is CNC(=O)c1ccc(CN2CCC(C3CCCN3)CC2)cc1. The van der Waals surface area contributed by atoms with Crippen LogP contribution in [0, 0.1) is 5.92 Å². The van der Waals surface area contributed by atoms with Crippen molar-refractivity contribution in [1.29, 1.82) is 0 Å². The van der Waals surface area contributed by atoms with Gasteiger partial charge in [-0.05, 0) is 68.9 Å². The van der Waals surface area contributed by atoms with Gasteiger partial charge in [-0.25, -0.2) is 0 Å². The number of amides is 1. The van der Waals surface area contributed by atoms with E-state index in [4.69, 9.17) is 0 Å². The summed E-state index contributed by atoms with van der Waals surface area (Å²) in [6.45, 7) is 4.60. The first-order chi connectivity index (χ1) is 10.8. The molecule has 1 atom stereocenters. The fourth-order valence-corrected chi connectivity index (χ4v) is 3.79. The maximum absolute atomic E-state index is 11.5. The van der Waals surface area contributed by atoms with Crippen LogP contribution in [0.3, 0.4) is 0 Å². The lowest BCUT2D eigenvalue weighted by Gasteiger charge is -2.34. The lowest BCUT2D eigenvalue weighted by Crippen LogP contribution is -2.40. The van der Waals surface area contributed by atoms with Gasteiger partial charge in [0.05, 0.1) is 0 Å². The third-order valence-corrected chi connectivity index (χ3v) is 5.15. The molecule has 2 heterocycles. The minimum atomic E-state index is -0.0172. The Hall–Kier alpha value is -1.39. The second kappa shape index (κ2) is 7.25. The number of piperidine rings is 1. The molecule has 4 heteroatoms. The van der Waals surface area contributed by atoms with Crippen LogP contribution in [0.25, 0.3) is 0 Å². The molecule has 4 nitrogen and oxygen atoms in total. The number of carbonyl (C=O) groups is 1. The molecule has 1 aromatic rings. The molecule has 2 N–H and O–H groups in total. The van der Waals surface area contributed by atoms with E-state index in [-0.39, 0.29) is 5.91 Å². The van der Waals surface area contributed by atoms with Crippen molar-refractivity contribution >= 4 is 5.91 Å². The molecular weight excluding hydrogens is 274 g/mol. The van der Waals surface area contributed by atoms with Gasteiger partial charge in [0, 0.05) is 25.2 Å². The van der Waals surface area contributed by atoms with Crippen LogP contribution < -0.4 is 10.6 Å². The Bertz CT molecular complexity index is 486. The van der Waals surface area contributed by atoms with E-state index in [1.165, 1.54) is 50.9 Å². The molecule has 2 saturated heterocycles. The van der Waals surface area contributed by atoms with Crippen LogP contribution in [0.15, 0.2) is 24.3 Å². The zero-order chi connectivity index (χ0) is 15.4. The molecule has 1 unspecified atom stereocenters. The second-order valence-corrected chi connectivity index (χ2v) is 6.59. The lowest BCUT2D eigenvalue weighted by atomic mass is 9.88. The number of hydrogen-bond donors (Lipinski definition) is 2. The van der Waals surface area contributed by atoms with E-state index in [0.717, 1.165) is 24.1 Å². The Morgan fingerprint density at radius 2 is 1.95 bits per heavy atom. The number of nitrogens with zero attached hydrogens (tertiary/aromatic N) is 1. The molecule has 0 spiro atoms. The van der Waals surface area contributed by atoms with Crippen LogP contribution in [0.4, 0.5) is 0 Å². The average molecular weight is 301 g/mol. The topological polar surface area (TPSA) is 44.4 Å². The van der Waals surface area contributed by atoms with Crippen LogP contribution >= 0.6 is 0 Å². The Morgan fingerprint density at radius 1 is 1.23 bits per heavy atom. The van der Waals surface area contributed by atoms with Gasteiger partial charge in [-0.15, -0.1) is 0 Å². The molecule has 0 aromatic heterocycles. The molecule has 2 aliphatic rings. The molecule has 120 valence electrons. The molecule has 0 radical (unpaired) electrons. The minimum Gasteiger partial charge on any atom is -0.355 e. The van der Waals surface area contributed by atoms with Gasteiger partial charge in [-0.1, -0.05) is 12.1 Å². The number of rotatable bonds is 4. The second-order valence-electron chi connectivity index (χ2n) is 6.59. The summed E-state index contributed by atoms with van der Waals surface area (Å²) in [5, 5.41) is 6.32. The van der Waals surface area contributed by atoms with Crippen molar-refractivity contribution in [3.63, 3.8) is 0 Å². The number of benzene rings is 1. The van der Waals surface area contributed by atoms with Gasteiger partial charge < -0.3 is 10.6 Å². The zero-order valence-corrected chi connectivity index (χ0v) is 13.5. The molecule has 0 saturated carbocycles. The van der Waals surface area contributed by atoms with Gasteiger partial charge in [-0.2, -0.15) is 0 Å². The van der Waals surface area contributed by atoms with Crippen LogP contribution in [0.2, 0.25) is 0 Å². The zero-order valence-electron chi connectivity index (χ0n) is 13.5. The predicted molar refractivity (Wildman–Crippen MR) is 88.9 cm³/mol. The van der Waals surface area contributed by atoms with Gasteiger partial charge in [0.15, 0.2) is 0 Å². The molecule has 0 aliphatic carbocycles. The summed E-state index contributed by atoms with van der Waals surface area (Å²) in [5.74, 6) is 0.853. The summed E-state index contributed by atoms with van der Waals surface area (Å²) in [6.07, 6.45) is 5.34. The molecule has 1 aromatic carbocycles. The molecule has 3 rings (SSSR count). The molecule has 0 bridgehead atoms. The highest BCUT2D eigenvalue weighted by Gasteiger charge is 2.28. The van der Waals surface area contributed by atoms with Gasteiger partial charge in [0.2, 0.25) is 0 Å². The molecular formula is C18H27N3O. The standard InChI is InChI=1S/C18H27N3O/c1-19-18(22)16-6-4-14(5-7-16)13-21-11-8-15(9-12-21)17-3-2-10-20-17/h4-7,15,17,20H,2-3,8-13H2,1H3,(H,19,22). The third kappa shape index (κ3) is 3.68. The van der Waals surface area contributed by atoms with Crippen molar-refractivity contribution < 1.29 is 4.79 Å². The number of likely N-dealkylation sites (tertiary alicyclic amines) is 1. The third-order valence-electron chi connectivity index (χ3n) is 5.15. The maximum Gasteiger partial charge on any atom is 0.251 e. The molecule has 1 amide bonds. The van der Waals surface area contributed by atoms with Crippen molar-refractivity contribution in [3.05, 3.63) is 35.4 Å². The number of nitrogens with one attached hydrogen (secondary N) is 2. The number of hydrogen-bond acceptors (Lipinski definition) is 3. The summed E-state index contributed by atoms with van der Waals surface area (Å²) < 4.78 is 0. The van der Waals surface area contributed by atoms with E-state index in [1.807, 2.05) is 12.1 Å². The van der Waals surface area contributed by atoms with Crippen molar-refractivity contribution in [1.82, 2.24) is 15.5 Å². The predicted octanol–water partition coefficient (Wildman–Crippen LogP) is 2.01. The van der Waals surface area contributed by atoms with E-state index in [2.05, 4.69) is 27.7 Å². The Labute approximate surface area is 133 Å². The van der Waals surface area contributed by atoms with E-state index in [9.17, 15) is 4.79 Å². The summed E-state index contributed by atoms with van der Waals surface area (Å²) in [6, 6.07) is 8.77. The maximum atomic E-state index is 11.5. The van der Waals surface area contributed by atoms with Gasteiger partial charge in [-0.3, -0.25) is 9.69 Å². The Balaban J connectivity index is 1.49. The smallest absolute Gasteiger partial charge is 0.251 e. The van der Waals surface area contributed by atoms with E-state index in [1.54, 1.807) is 7.05 Å². The van der Waals surface area contributed by atoms with Crippen molar-refractivity contribution in [2.45, 2.75) is 38.3 Å². The van der Waals surface area contributed by atoms with E-state index in [0.29, 0.717) is 0 Å². The highest BCUT2D eigenvalue weighted by atomic mass is 16.1. The quantitative estimate of drug-likeness (QED) is 0.894. The van der Waals surface area contributed by atoms with E-state index >= 15 is 0 Å². The first kappa shape index (κ1) is 15.5. The largest absolute Gasteiger partial charge is 0.355 e. The van der Waals surface area contributed by atoms with Crippen LogP contribution in [0.1, 0.15) is 41.6 Å². The highest BCUT2D eigenvalue weighted by molar-refractivity contribution is 5.93. The van der Waals surface area contributed by atoms with Crippen LogP contribution in [-0.4, -0.2) is 43.5 Å². The summed E-state index contributed by atoms with van der Waals surface area (Å²) >= 11 is 0. The Morgan fingerprint density at radius 3 is 2.55 bits per heavy atom. The molecule has 2 aliphatic heterocycles. The summed E-state index contributed by atoms with van der Waals surface area (Å²) in [4.78, 5) is 14.1. The Kier molecular flexibility index (Phi) is 5.11. The first-order valence-electron chi connectivity index (χ1n) is 8.53. The average Bonchev–Trinajstić information content (AvgIpc) is 3.10. The molecule has 2 fully saturated rings. The fourth-order valence-electron chi connectivity index (χ4n) is 3.79. The van der Waals surface area contributed by atoms with Gasteiger partial charge in [0.1, 0.15) is 0 Å². The van der Waals surface area contributed by atoms with Gasteiger partial charge >= 0.3 is 0 Å².